The Balaban J connectivity index is 1.96. The molecule has 0 aromatic heterocycles. The van der Waals surface area contributed by atoms with Gasteiger partial charge in [0.2, 0.25) is 0 Å². The van der Waals surface area contributed by atoms with E-state index in [2.05, 4.69) is 11.7 Å². The lowest BCUT2D eigenvalue weighted by Gasteiger charge is -2.14. The lowest BCUT2D eigenvalue weighted by Crippen LogP contribution is -2.29. The van der Waals surface area contributed by atoms with E-state index in [1.54, 1.807) is 12.0 Å². The normalized spacial score (nSPS) is 15.0. The Kier molecular flexibility index (Phi) is 10.2. The van der Waals surface area contributed by atoms with Gasteiger partial charge in [0.15, 0.2) is 11.5 Å². The topological polar surface area (TPSA) is 65.1 Å². The molecule has 2 rings (SSSR count). The fourth-order valence-electron chi connectivity index (χ4n) is 2.88. The van der Waals surface area contributed by atoms with Crippen molar-refractivity contribution in [1.82, 2.24) is 4.90 Å². The van der Waals surface area contributed by atoms with Crippen LogP contribution in [-0.4, -0.2) is 48.5 Å². The maximum atomic E-state index is 12.8. The van der Waals surface area contributed by atoms with Gasteiger partial charge >= 0.3 is 5.97 Å². The first-order valence-electron chi connectivity index (χ1n) is 10.1. The van der Waals surface area contributed by atoms with Gasteiger partial charge in [-0.25, -0.2) is 0 Å². The number of carbonyl (C=O) groups is 2. The van der Waals surface area contributed by atoms with Crippen molar-refractivity contribution >= 4 is 46.3 Å². The third-order valence-electron chi connectivity index (χ3n) is 4.60. The lowest BCUT2D eigenvalue weighted by atomic mass is 10.1. The van der Waals surface area contributed by atoms with Gasteiger partial charge in [0, 0.05) is 13.0 Å². The van der Waals surface area contributed by atoms with Crippen molar-refractivity contribution in [2.45, 2.75) is 45.4 Å². The van der Waals surface area contributed by atoms with Crippen LogP contribution in [0.5, 0.6) is 11.5 Å². The van der Waals surface area contributed by atoms with Crippen molar-refractivity contribution in [3.63, 3.8) is 0 Å². The van der Waals surface area contributed by atoms with E-state index in [0.717, 1.165) is 37.7 Å². The number of carbonyl (C=O) groups excluding carboxylic acids is 2. The molecule has 8 heteroatoms. The van der Waals surface area contributed by atoms with Gasteiger partial charge in [-0.15, -0.1) is 0 Å². The maximum Gasteiger partial charge on any atom is 0.305 e. The van der Waals surface area contributed by atoms with Gasteiger partial charge in [0.1, 0.15) is 4.32 Å². The Bertz CT molecular complexity index is 794. The van der Waals surface area contributed by atoms with Crippen molar-refractivity contribution in [2.24, 2.45) is 0 Å². The molecule has 1 aromatic rings. The van der Waals surface area contributed by atoms with Crippen molar-refractivity contribution in [2.75, 3.05) is 27.4 Å². The van der Waals surface area contributed by atoms with E-state index in [1.807, 2.05) is 24.3 Å². The molecule has 1 heterocycles. The van der Waals surface area contributed by atoms with Crippen LogP contribution in [0.1, 0.15) is 51.0 Å². The Morgan fingerprint density at radius 2 is 1.97 bits per heavy atom. The van der Waals surface area contributed by atoms with Crippen LogP contribution in [0, 0.1) is 0 Å². The molecule has 0 spiro atoms. The van der Waals surface area contributed by atoms with Crippen molar-refractivity contribution in [3.05, 3.63) is 28.7 Å². The van der Waals surface area contributed by atoms with Gasteiger partial charge in [0.05, 0.1) is 25.7 Å². The molecular weight excluding hydrogens is 422 g/mol. The monoisotopic (exact) mass is 451 g/mol. The average molecular weight is 452 g/mol. The molecule has 0 bridgehead atoms. The Hall–Kier alpha value is -2.06. The summed E-state index contributed by atoms with van der Waals surface area (Å²) in [6, 6.07) is 5.63. The number of rotatable bonds is 12. The molecule has 1 aliphatic rings. The highest BCUT2D eigenvalue weighted by atomic mass is 32.2. The van der Waals surface area contributed by atoms with E-state index in [0.29, 0.717) is 40.3 Å². The molecule has 1 saturated heterocycles. The largest absolute Gasteiger partial charge is 0.493 e. The van der Waals surface area contributed by atoms with Gasteiger partial charge in [-0.3, -0.25) is 14.5 Å². The molecule has 164 valence electrons. The average Bonchev–Trinajstić information content (AvgIpc) is 3.01. The molecule has 0 aliphatic carbocycles. The molecule has 1 aliphatic heterocycles. The van der Waals surface area contributed by atoms with Crippen LogP contribution < -0.4 is 9.47 Å². The second-order valence-corrected chi connectivity index (χ2v) is 8.51. The number of benzene rings is 1. The van der Waals surface area contributed by atoms with Gasteiger partial charge in [-0.05, 0) is 43.0 Å². The third kappa shape index (κ3) is 7.02. The van der Waals surface area contributed by atoms with E-state index in [-0.39, 0.29) is 11.9 Å². The molecule has 1 amide bonds. The molecule has 30 heavy (non-hydrogen) atoms. The molecule has 0 radical (unpaired) electrons. The summed E-state index contributed by atoms with van der Waals surface area (Å²) in [5.74, 6) is 1.05. The smallest absolute Gasteiger partial charge is 0.305 e. The van der Waals surface area contributed by atoms with Crippen LogP contribution in [0.4, 0.5) is 0 Å². The summed E-state index contributed by atoms with van der Waals surface area (Å²) in [7, 11) is 2.99. The number of hydrogen-bond acceptors (Lipinski definition) is 7. The minimum Gasteiger partial charge on any atom is -0.493 e. The van der Waals surface area contributed by atoms with Crippen LogP contribution in [0.3, 0.4) is 0 Å². The van der Waals surface area contributed by atoms with Crippen molar-refractivity contribution in [3.8, 4) is 11.5 Å². The van der Waals surface area contributed by atoms with E-state index in [4.69, 9.17) is 21.7 Å². The number of ether oxygens (including phenoxy) is 3. The fraction of sp³-hybridized carbons (Fsp3) is 0.500. The van der Waals surface area contributed by atoms with E-state index >= 15 is 0 Å². The molecule has 0 unspecified atom stereocenters. The quantitative estimate of drug-likeness (QED) is 0.196. The van der Waals surface area contributed by atoms with E-state index in [1.165, 1.54) is 18.9 Å². The zero-order valence-electron chi connectivity index (χ0n) is 17.8. The van der Waals surface area contributed by atoms with Crippen molar-refractivity contribution in [1.29, 1.82) is 0 Å². The zero-order chi connectivity index (χ0) is 21.9. The minimum atomic E-state index is -0.208. The molecule has 1 aromatic carbocycles. The summed E-state index contributed by atoms with van der Waals surface area (Å²) in [5, 5.41) is 0. The first-order chi connectivity index (χ1) is 14.5. The number of thiocarbonyl (C=S) groups is 1. The minimum absolute atomic E-state index is 0.0831. The first-order valence-corrected chi connectivity index (χ1v) is 11.4. The SMILES string of the molecule is CCCCOc1ccc(/C=C2\SC(=S)N(CCCCCC(=O)OC)C2=O)cc1OC. The van der Waals surface area contributed by atoms with Crippen molar-refractivity contribution < 1.29 is 23.8 Å². The summed E-state index contributed by atoms with van der Waals surface area (Å²) >= 11 is 6.69. The summed E-state index contributed by atoms with van der Waals surface area (Å²) in [5.41, 5.74) is 0.855. The predicted molar refractivity (Wildman–Crippen MR) is 124 cm³/mol. The van der Waals surface area contributed by atoms with E-state index < -0.39 is 0 Å². The lowest BCUT2D eigenvalue weighted by molar-refractivity contribution is -0.140. The Morgan fingerprint density at radius 1 is 1.17 bits per heavy atom. The summed E-state index contributed by atoms with van der Waals surface area (Å²) in [6.45, 7) is 3.31. The van der Waals surface area contributed by atoms with Gasteiger partial charge in [-0.1, -0.05) is 49.8 Å². The highest BCUT2D eigenvalue weighted by Crippen LogP contribution is 2.35. The molecule has 0 saturated carbocycles. The zero-order valence-corrected chi connectivity index (χ0v) is 19.4. The Morgan fingerprint density at radius 3 is 2.67 bits per heavy atom. The second kappa shape index (κ2) is 12.6. The summed E-state index contributed by atoms with van der Waals surface area (Å²) in [6.07, 6.45) is 6.63. The van der Waals surface area contributed by atoms with Crippen LogP contribution in [0.2, 0.25) is 0 Å². The number of unbranched alkanes of at least 4 members (excludes halogenated alkanes) is 3. The number of thioether (sulfide) groups is 1. The number of nitrogens with zero attached hydrogens (tertiary/aromatic N) is 1. The number of hydrogen-bond donors (Lipinski definition) is 0. The van der Waals surface area contributed by atoms with Crippen LogP contribution in [0.25, 0.3) is 6.08 Å². The van der Waals surface area contributed by atoms with Gasteiger partial charge < -0.3 is 14.2 Å². The third-order valence-corrected chi connectivity index (χ3v) is 5.98. The number of amides is 1. The van der Waals surface area contributed by atoms with E-state index in [9.17, 15) is 9.59 Å². The Labute approximate surface area is 187 Å². The molecule has 0 atom stereocenters. The summed E-state index contributed by atoms with van der Waals surface area (Å²) < 4.78 is 16.4. The summed E-state index contributed by atoms with van der Waals surface area (Å²) in [4.78, 5) is 26.1. The molecular formula is C22H29NO5S2. The van der Waals surface area contributed by atoms with Crippen LogP contribution >= 0.6 is 24.0 Å². The highest BCUT2D eigenvalue weighted by Gasteiger charge is 2.31. The number of esters is 1. The molecule has 1 fully saturated rings. The fourth-order valence-corrected chi connectivity index (χ4v) is 4.19. The highest BCUT2D eigenvalue weighted by molar-refractivity contribution is 8.26. The molecule has 0 N–H and O–H groups in total. The van der Waals surface area contributed by atoms with Gasteiger partial charge in [0.25, 0.3) is 5.91 Å². The van der Waals surface area contributed by atoms with Gasteiger partial charge in [-0.2, -0.15) is 0 Å². The molecule has 6 nitrogen and oxygen atoms in total. The maximum absolute atomic E-state index is 12.8. The van der Waals surface area contributed by atoms with Crippen LogP contribution in [0.15, 0.2) is 23.1 Å². The predicted octanol–water partition coefficient (Wildman–Crippen LogP) is 4.81. The first kappa shape index (κ1) is 24.2. The standard InChI is InChI=1S/C22H29NO5S2/c1-4-5-13-28-17-11-10-16(14-18(17)26-2)15-19-21(25)23(22(29)30-19)12-8-6-7-9-20(24)27-3/h10-11,14-15H,4-9,12-13H2,1-3H3/b19-15-. The number of methoxy groups -OCH3 is 2. The van der Waals surface area contributed by atoms with Crippen LogP contribution in [-0.2, 0) is 14.3 Å². The second-order valence-electron chi connectivity index (χ2n) is 6.83.